The molecule has 1 unspecified atom stereocenters. The molecule has 1 atom stereocenters. The monoisotopic (exact) mass is 247 g/mol. The van der Waals surface area contributed by atoms with Crippen molar-refractivity contribution in [3.8, 4) is 0 Å². The second-order valence-corrected chi connectivity index (χ2v) is 5.25. The van der Waals surface area contributed by atoms with E-state index in [2.05, 4.69) is 35.8 Å². The van der Waals surface area contributed by atoms with E-state index in [4.69, 9.17) is 5.73 Å². The normalized spacial score (nSPS) is 18.7. The second kappa shape index (κ2) is 6.88. The van der Waals surface area contributed by atoms with Crippen LogP contribution in [0.25, 0.3) is 0 Å². The summed E-state index contributed by atoms with van der Waals surface area (Å²) in [6.07, 6.45) is 3.44. The third kappa shape index (κ3) is 3.80. The highest BCUT2D eigenvalue weighted by Gasteiger charge is 2.17. The van der Waals surface area contributed by atoms with Gasteiger partial charge in [-0.15, -0.1) is 0 Å². The summed E-state index contributed by atoms with van der Waals surface area (Å²) in [4.78, 5) is 0. The van der Waals surface area contributed by atoms with Gasteiger partial charge in [0.05, 0.1) is 0 Å². The number of unbranched alkanes of at least 4 members (excludes halogenated alkanes) is 1. The summed E-state index contributed by atoms with van der Waals surface area (Å²) in [6, 6.07) is 7.37. The fourth-order valence-corrected chi connectivity index (χ4v) is 2.53. The van der Waals surface area contributed by atoms with Crippen molar-refractivity contribution in [1.29, 1.82) is 0 Å². The van der Waals surface area contributed by atoms with Crippen molar-refractivity contribution in [2.45, 2.75) is 38.8 Å². The van der Waals surface area contributed by atoms with E-state index in [0.29, 0.717) is 6.04 Å². The Morgan fingerprint density at radius 1 is 1.33 bits per heavy atom. The van der Waals surface area contributed by atoms with Gasteiger partial charge in [-0.3, -0.25) is 0 Å². The van der Waals surface area contributed by atoms with Crippen LogP contribution in [0, 0.1) is 6.92 Å². The average Bonchev–Trinajstić information content (AvgIpc) is 2.38. The Hall–Kier alpha value is -0.900. The zero-order valence-electron chi connectivity index (χ0n) is 11.3. The van der Waals surface area contributed by atoms with Crippen LogP contribution in [-0.2, 0) is 13.0 Å². The summed E-state index contributed by atoms with van der Waals surface area (Å²) in [5, 5.41) is 7.12. The Morgan fingerprint density at radius 2 is 2.22 bits per heavy atom. The second-order valence-electron chi connectivity index (χ2n) is 5.25. The maximum absolute atomic E-state index is 5.48. The van der Waals surface area contributed by atoms with E-state index in [1.165, 1.54) is 23.1 Å². The van der Waals surface area contributed by atoms with Crippen LogP contribution in [0.1, 0.15) is 29.5 Å². The van der Waals surface area contributed by atoms with Gasteiger partial charge in [-0.05, 0) is 50.4 Å². The fraction of sp³-hybridized carbons (Fsp3) is 0.600. The molecule has 1 aromatic carbocycles. The van der Waals surface area contributed by atoms with Crippen molar-refractivity contribution in [1.82, 2.24) is 10.6 Å². The van der Waals surface area contributed by atoms with Crippen LogP contribution in [0.4, 0.5) is 0 Å². The maximum atomic E-state index is 5.48. The molecule has 0 amide bonds. The molecule has 0 bridgehead atoms. The van der Waals surface area contributed by atoms with Crippen LogP contribution in [0.3, 0.4) is 0 Å². The van der Waals surface area contributed by atoms with Gasteiger partial charge >= 0.3 is 0 Å². The first-order chi connectivity index (χ1) is 8.79. The SMILES string of the molecule is Cc1ccc2c(c1)CNC(CNCCCCN)C2. The number of hydrogen-bond donors (Lipinski definition) is 3. The Balaban J connectivity index is 1.76. The van der Waals surface area contributed by atoms with Gasteiger partial charge < -0.3 is 16.4 Å². The molecule has 0 saturated carbocycles. The van der Waals surface area contributed by atoms with Crippen molar-refractivity contribution in [3.05, 3.63) is 34.9 Å². The van der Waals surface area contributed by atoms with Crippen LogP contribution in [0.15, 0.2) is 18.2 Å². The van der Waals surface area contributed by atoms with E-state index >= 15 is 0 Å². The van der Waals surface area contributed by atoms with Crippen LogP contribution >= 0.6 is 0 Å². The number of nitrogens with one attached hydrogen (secondary N) is 2. The molecule has 3 heteroatoms. The Labute approximate surface area is 110 Å². The lowest BCUT2D eigenvalue weighted by atomic mass is 9.94. The van der Waals surface area contributed by atoms with Gasteiger partial charge in [-0.1, -0.05) is 23.8 Å². The molecular weight excluding hydrogens is 222 g/mol. The highest BCUT2D eigenvalue weighted by molar-refractivity contribution is 5.33. The molecule has 100 valence electrons. The first-order valence-electron chi connectivity index (χ1n) is 7.02. The van der Waals surface area contributed by atoms with Gasteiger partial charge in [0.2, 0.25) is 0 Å². The maximum Gasteiger partial charge on any atom is 0.0236 e. The summed E-state index contributed by atoms with van der Waals surface area (Å²) < 4.78 is 0. The van der Waals surface area contributed by atoms with Crippen molar-refractivity contribution >= 4 is 0 Å². The van der Waals surface area contributed by atoms with E-state index in [0.717, 1.165) is 39.0 Å². The van der Waals surface area contributed by atoms with Crippen LogP contribution in [0.2, 0.25) is 0 Å². The first kappa shape index (κ1) is 13.5. The van der Waals surface area contributed by atoms with Crippen LogP contribution in [-0.4, -0.2) is 25.7 Å². The van der Waals surface area contributed by atoms with Gasteiger partial charge in [0.25, 0.3) is 0 Å². The lowest BCUT2D eigenvalue weighted by molar-refractivity contribution is 0.445. The molecule has 1 heterocycles. The van der Waals surface area contributed by atoms with E-state index < -0.39 is 0 Å². The number of nitrogens with two attached hydrogens (primary N) is 1. The summed E-state index contributed by atoms with van der Waals surface area (Å²) in [6.45, 7) is 6.10. The van der Waals surface area contributed by atoms with E-state index in [1.807, 2.05) is 0 Å². The molecule has 1 aliphatic rings. The number of hydrogen-bond acceptors (Lipinski definition) is 3. The zero-order valence-corrected chi connectivity index (χ0v) is 11.3. The first-order valence-corrected chi connectivity index (χ1v) is 7.02. The average molecular weight is 247 g/mol. The molecular formula is C15H25N3. The van der Waals surface area contributed by atoms with Gasteiger partial charge in [0.15, 0.2) is 0 Å². The van der Waals surface area contributed by atoms with Gasteiger partial charge in [-0.25, -0.2) is 0 Å². The zero-order chi connectivity index (χ0) is 12.8. The minimum atomic E-state index is 0.568. The van der Waals surface area contributed by atoms with Gasteiger partial charge in [0, 0.05) is 19.1 Å². The molecule has 0 spiro atoms. The van der Waals surface area contributed by atoms with E-state index in [-0.39, 0.29) is 0 Å². The van der Waals surface area contributed by atoms with Crippen molar-refractivity contribution in [3.63, 3.8) is 0 Å². The van der Waals surface area contributed by atoms with E-state index in [9.17, 15) is 0 Å². The predicted molar refractivity (Wildman–Crippen MR) is 76.7 cm³/mol. The molecule has 0 fully saturated rings. The number of fused-ring (bicyclic) bond motifs is 1. The standard InChI is InChI=1S/C15H25N3/c1-12-4-5-13-9-15(18-10-14(13)8-12)11-17-7-3-2-6-16/h4-5,8,15,17-18H,2-3,6-7,9-11,16H2,1H3. The lowest BCUT2D eigenvalue weighted by Crippen LogP contribution is -2.43. The Bertz CT molecular complexity index is 376. The third-order valence-corrected chi connectivity index (χ3v) is 3.61. The topological polar surface area (TPSA) is 50.1 Å². The van der Waals surface area contributed by atoms with Crippen molar-refractivity contribution in [2.75, 3.05) is 19.6 Å². The molecule has 1 aromatic rings. The van der Waals surface area contributed by atoms with E-state index in [1.54, 1.807) is 0 Å². The highest BCUT2D eigenvalue weighted by atomic mass is 15.0. The quantitative estimate of drug-likeness (QED) is 0.665. The predicted octanol–water partition coefficient (Wildman–Crippen LogP) is 1.34. The molecule has 2 rings (SSSR count). The molecule has 3 nitrogen and oxygen atoms in total. The lowest BCUT2D eigenvalue weighted by Gasteiger charge is -2.26. The molecule has 0 radical (unpaired) electrons. The number of benzene rings is 1. The fourth-order valence-electron chi connectivity index (χ4n) is 2.53. The van der Waals surface area contributed by atoms with Crippen molar-refractivity contribution < 1.29 is 0 Å². The Morgan fingerprint density at radius 3 is 3.06 bits per heavy atom. The molecule has 4 N–H and O–H groups in total. The number of aryl methyl sites for hydroxylation is 1. The minimum absolute atomic E-state index is 0.568. The van der Waals surface area contributed by atoms with Gasteiger partial charge in [-0.2, -0.15) is 0 Å². The molecule has 0 saturated heterocycles. The molecule has 0 aromatic heterocycles. The van der Waals surface area contributed by atoms with Crippen LogP contribution < -0.4 is 16.4 Å². The molecule has 0 aliphatic carbocycles. The van der Waals surface area contributed by atoms with Gasteiger partial charge in [0.1, 0.15) is 0 Å². The van der Waals surface area contributed by atoms with Crippen molar-refractivity contribution in [2.24, 2.45) is 5.73 Å². The third-order valence-electron chi connectivity index (χ3n) is 3.61. The summed E-state index contributed by atoms with van der Waals surface area (Å²) in [5.41, 5.74) is 9.81. The summed E-state index contributed by atoms with van der Waals surface area (Å²) >= 11 is 0. The smallest absolute Gasteiger partial charge is 0.0236 e. The summed E-state index contributed by atoms with van der Waals surface area (Å²) in [5.74, 6) is 0. The number of rotatable bonds is 6. The largest absolute Gasteiger partial charge is 0.330 e. The Kier molecular flexibility index (Phi) is 5.17. The summed E-state index contributed by atoms with van der Waals surface area (Å²) in [7, 11) is 0. The minimum Gasteiger partial charge on any atom is -0.330 e. The van der Waals surface area contributed by atoms with Crippen LogP contribution in [0.5, 0.6) is 0 Å². The highest BCUT2D eigenvalue weighted by Crippen LogP contribution is 2.17. The molecule has 18 heavy (non-hydrogen) atoms. The molecule has 1 aliphatic heterocycles.